The number of nitrogens with zero attached hydrogens (tertiary/aromatic N) is 1. The van der Waals surface area contributed by atoms with E-state index in [2.05, 4.69) is 0 Å². The maximum Gasteiger partial charge on any atom is 0.498 e. The predicted octanol–water partition coefficient (Wildman–Crippen LogP) is 2.80. The monoisotopic (exact) mass is 389 g/mol. The van der Waals surface area contributed by atoms with E-state index >= 15 is 0 Å². The summed E-state index contributed by atoms with van der Waals surface area (Å²) in [5.41, 5.74) is -2.41. The molecular weight excluding hydrogens is 379 g/mol. The molecule has 2 aromatic rings. The average Bonchev–Trinajstić information content (AvgIpc) is 2.53. The zero-order valence-electron chi connectivity index (χ0n) is 12.6. The Kier molecular flexibility index (Phi) is 4.94. The lowest BCUT2D eigenvalue weighted by Crippen LogP contribution is -2.43. The molecule has 0 amide bonds. The van der Waals surface area contributed by atoms with Crippen molar-refractivity contribution in [3.05, 3.63) is 59.7 Å². The summed E-state index contributed by atoms with van der Waals surface area (Å²) in [4.78, 5) is 21.1. The molecule has 0 spiro atoms. The first kappa shape index (κ1) is 19.2. The van der Waals surface area contributed by atoms with Crippen LogP contribution < -0.4 is 4.31 Å². The molecule has 0 aliphatic rings. The Hall–Kier alpha value is -3.08. The van der Waals surface area contributed by atoms with Crippen LogP contribution in [0.5, 0.6) is 0 Å². The van der Waals surface area contributed by atoms with Crippen LogP contribution in [0.1, 0.15) is 20.7 Å². The Morgan fingerprint density at radius 3 is 1.88 bits per heavy atom. The molecule has 138 valence electrons. The maximum atomic E-state index is 13.4. The molecule has 0 heterocycles. The molecule has 2 N–H and O–H groups in total. The summed E-state index contributed by atoms with van der Waals surface area (Å²) in [6.45, 7) is 0. The second-order valence-corrected chi connectivity index (χ2v) is 6.68. The third-order valence-corrected chi connectivity index (χ3v) is 4.96. The maximum absolute atomic E-state index is 13.4. The highest BCUT2D eigenvalue weighted by molar-refractivity contribution is 7.92. The number of carboxylic acid groups (broad SMARTS) is 2. The average molecular weight is 389 g/mol. The van der Waals surface area contributed by atoms with Crippen LogP contribution in [0.15, 0.2) is 53.4 Å². The summed E-state index contributed by atoms with van der Waals surface area (Å²) >= 11 is 0. The van der Waals surface area contributed by atoms with Gasteiger partial charge < -0.3 is 10.2 Å². The van der Waals surface area contributed by atoms with E-state index in [0.717, 1.165) is 12.1 Å². The number of rotatable bonds is 5. The van der Waals surface area contributed by atoms with Gasteiger partial charge in [0.2, 0.25) is 0 Å². The van der Waals surface area contributed by atoms with E-state index in [0.29, 0.717) is 18.2 Å². The molecule has 0 aromatic heterocycles. The van der Waals surface area contributed by atoms with E-state index in [1.807, 2.05) is 0 Å². The summed E-state index contributed by atoms with van der Waals surface area (Å²) in [5.74, 6) is -3.46. The lowest BCUT2D eigenvalue weighted by molar-refractivity contribution is -0.115. The highest BCUT2D eigenvalue weighted by Crippen LogP contribution is 2.35. The first-order valence-corrected chi connectivity index (χ1v) is 8.18. The number of alkyl halides is 3. The van der Waals surface area contributed by atoms with Gasteiger partial charge in [0.15, 0.2) is 0 Å². The molecule has 7 nitrogen and oxygen atoms in total. The molecule has 0 radical (unpaired) electrons. The summed E-state index contributed by atoms with van der Waals surface area (Å²) < 4.78 is 64.4. The molecule has 2 aromatic carbocycles. The quantitative estimate of drug-likeness (QED) is 0.761. The summed E-state index contributed by atoms with van der Waals surface area (Å²) in [7, 11) is -5.26. The van der Waals surface area contributed by atoms with Gasteiger partial charge in [0, 0.05) is 0 Å². The molecule has 0 atom stereocenters. The number of anilines is 1. The van der Waals surface area contributed by atoms with Gasteiger partial charge in [-0.3, -0.25) is 0 Å². The van der Waals surface area contributed by atoms with Crippen LogP contribution in [-0.2, 0) is 10.0 Å². The van der Waals surface area contributed by atoms with E-state index in [4.69, 9.17) is 10.2 Å². The van der Waals surface area contributed by atoms with Crippen molar-refractivity contribution in [2.24, 2.45) is 0 Å². The van der Waals surface area contributed by atoms with Gasteiger partial charge in [-0.1, -0.05) is 18.2 Å². The largest absolute Gasteiger partial charge is 0.498 e. The minimum Gasteiger partial charge on any atom is -0.478 e. The molecule has 0 aliphatic heterocycles. The fraction of sp³-hybridized carbons (Fsp3) is 0.0667. The normalized spacial score (nSPS) is 11.8. The Balaban J connectivity index is 2.70. The number of para-hydroxylation sites is 1. The van der Waals surface area contributed by atoms with Crippen molar-refractivity contribution in [1.82, 2.24) is 0 Å². The Morgan fingerprint density at radius 1 is 0.885 bits per heavy atom. The highest BCUT2D eigenvalue weighted by Gasteiger charge is 2.46. The number of halogens is 3. The molecule has 0 bridgehead atoms. The lowest BCUT2D eigenvalue weighted by atomic mass is 10.1. The minimum absolute atomic E-state index is 0.378. The van der Waals surface area contributed by atoms with Gasteiger partial charge >= 0.3 is 18.2 Å². The molecule has 26 heavy (non-hydrogen) atoms. The summed E-state index contributed by atoms with van der Waals surface area (Å²) in [6.07, 6.45) is -5.34. The van der Waals surface area contributed by atoms with Crippen molar-refractivity contribution < 1.29 is 41.4 Å². The number of aromatic carboxylic acids is 2. The van der Waals surface area contributed by atoms with E-state index in [-0.39, 0.29) is 0 Å². The molecule has 0 aliphatic carbocycles. The van der Waals surface area contributed by atoms with Crippen molar-refractivity contribution in [3.63, 3.8) is 0 Å². The number of benzene rings is 2. The zero-order chi connectivity index (χ0) is 19.7. The number of carbonyl (C=O) groups is 2. The molecule has 0 saturated heterocycles. The van der Waals surface area contributed by atoms with Crippen LogP contribution in [0, 0.1) is 0 Å². The molecular formula is C15H10F3NO6S. The third kappa shape index (κ3) is 3.61. The molecule has 11 heteroatoms. The van der Waals surface area contributed by atoms with Gasteiger partial charge in [-0.15, -0.1) is 13.2 Å². The number of hydrogen-bond acceptors (Lipinski definition) is 4. The van der Waals surface area contributed by atoms with E-state index in [1.165, 1.54) is 18.2 Å². The van der Waals surface area contributed by atoms with Crippen molar-refractivity contribution in [2.45, 2.75) is 11.2 Å². The Morgan fingerprint density at radius 2 is 1.42 bits per heavy atom. The lowest BCUT2D eigenvalue weighted by Gasteiger charge is -2.26. The van der Waals surface area contributed by atoms with Crippen molar-refractivity contribution >= 4 is 27.6 Å². The van der Waals surface area contributed by atoms with E-state index in [1.54, 1.807) is 0 Å². The second kappa shape index (κ2) is 6.67. The van der Waals surface area contributed by atoms with Gasteiger partial charge in [-0.05, 0) is 30.3 Å². The first-order chi connectivity index (χ1) is 12.0. The third-order valence-electron chi connectivity index (χ3n) is 3.21. The number of hydrogen-bond donors (Lipinski definition) is 2. The van der Waals surface area contributed by atoms with Gasteiger partial charge in [0.1, 0.15) is 0 Å². The van der Waals surface area contributed by atoms with Crippen LogP contribution in [0.25, 0.3) is 0 Å². The van der Waals surface area contributed by atoms with E-state index < -0.39 is 54.3 Å². The molecule has 0 unspecified atom stereocenters. The smallest absolute Gasteiger partial charge is 0.478 e. The Labute approximate surface area is 145 Å². The van der Waals surface area contributed by atoms with E-state index in [9.17, 15) is 31.2 Å². The molecule has 2 rings (SSSR count). The van der Waals surface area contributed by atoms with Crippen LogP contribution in [0.3, 0.4) is 0 Å². The summed E-state index contributed by atoms with van der Waals surface area (Å²) in [5, 5.41) is 17.9. The minimum atomic E-state index is -5.34. The van der Waals surface area contributed by atoms with Gasteiger partial charge in [0.25, 0.3) is 10.0 Å². The van der Waals surface area contributed by atoms with Crippen molar-refractivity contribution in [2.75, 3.05) is 4.31 Å². The van der Waals surface area contributed by atoms with Crippen molar-refractivity contribution in [3.8, 4) is 0 Å². The number of carboxylic acids is 2. The number of sulfonamides is 1. The van der Waals surface area contributed by atoms with Crippen LogP contribution >= 0.6 is 0 Å². The Bertz CT molecular complexity index is 957. The predicted molar refractivity (Wildman–Crippen MR) is 82.5 cm³/mol. The van der Waals surface area contributed by atoms with Gasteiger partial charge in [-0.2, -0.15) is 4.31 Å². The second-order valence-electron chi connectivity index (χ2n) is 4.89. The zero-order valence-corrected chi connectivity index (χ0v) is 13.5. The highest BCUT2D eigenvalue weighted by atomic mass is 32.2. The topological polar surface area (TPSA) is 112 Å². The molecule has 0 saturated carbocycles. The van der Waals surface area contributed by atoms with Crippen molar-refractivity contribution in [1.29, 1.82) is 0 Å². The first-order valence-electron chi connectivity index (χ1n) is 6.74. The fourth-order valence-electron chi connectivity index (χ4n) is 2.14. The SMILES string of the molecule is O=C(O)c1ccc(S(=O)(=O)N(c2ccccc2)C(F)(F)F)cc1C(=O)O. The van der Waals surface area contributed by atoms with Crippen LogP contribution in [-0.4, -0.2) is 36.9 Å². The standard InChI is InChI=1S/C15H10F3NO6S/c16-15(17,18)19(9-4-2-1-3-5-9)26(24,25)10-6-7-11(13(20)21)12(8-10)14(22)23/h1-8H,(H,20,21)(H,22,23). The molecule has 0 fully saturated rings. The van der Waals surface area contributed by atoms with Gasteiger partial charge in [-0.25, -0.2) is 18.0 Å². The van der Waals surface area contributed by atoms with Crippen LogP contribution in [0.2, 0.25) is 0 Å². The fourth-order valence-corrected chi connectivity index (χ4v) is 3.53. The van der Waals surface area contributed by atoms with Crippen LogP contribution in [0.4, 0.5) is 18.9 Å². The summed E-state index contributed by atoms with van der Waals surface area (Å²) in [6, 6.07) is 7.20. The van der Waals surface area contributed by atoms with Gasteiger partial charge in [0.05, 0.1) is 21.7 Å².